The van der Waals surface area contributed by atoms with E-state index in [2.05, 4.69) is 10.1 Å². The smallest absolute Gasteiger partial charge is 0.340 e. The number of hydrogen-bond acceptors (Lipinski definition) is 14. The minimum Gasteiger partial charge on any atom is -0.508 e. The molecule has 5 N–H and O–H groups in total. The average molecular weight is 733 g/mol. The topological polar surface area (TPSA) is 219 Å². The number of fused-ring (bicyclic) bond motifs is 2. The van der Waals surface area contributed by atoms with Crippen LogP contribution in [0.2, 0.25) is 0 Å². The molecule has 4 rings (SSSR count). The second-order valence-electron chi connectivity index (χ2n) is 11.2. The first-order chi connectivity index (χ1) is 24.3. The molecule has 0 aliphatic heterocycles. The van der Waals surface area contributed by atoms with E-state index < -0.39 is 17.2 Å². The maximum absolute atomic E-state index is 12.1. The van der Waals surface area contributed by atoms with Crippen molar-refractivity contribution < 1.29 is 52.3 Å². The van der Waals surface area contributed by atoms with Gasteiger partial charge in [0.15, 0.2) is 0 Å². The van der Waals surface area contributed by atoms with Gasteiger partial charge in [-0.1, -0.05) is 7.43 Å². The maximum atomic E-state index is 12.1. The second kappa shape index (κ2) is 22.9. The van der Waals surface area contributed by atoms with E-state index in [9.17, 15) is 29.4 Å². The number of aromatic hydroxyl groups is 2. The third kappa shape index (κ3) is 13.4. The third-order valence-corrected chi connectivity index (χ3v) is 7.40. The van der Waals surface area contributed by atoms with Crippen molar-refractivity contribution in [2.24, 2.45) is 5.73 Å². The number of esters is 1. The van der Waals surface area contributed by atoms with Gasteiger partial charge in [-0.3, -0.25) is 9.59 Å². The lowest BCUT2D eigenvalue weighted by Gasteiger charge is -2.10. The lowest BCUT2D eigenvalue weighted by Crippen LogP contribution is -2.30. The van der Waals surface area contributed by atoms with E-state index in [-0.39, 0.29) is 51.1 Å². The van der Waals surface area contributed by atoms with Crippen LogP contribution in [0, 0.1) is 27.7 Å². The first-order valence-corrected chi connectivity index (χ1v) is 16.1. The van der Waals surface area contributed by atoms with Crippen molar-refractivity contribution in [2.45, 2.75) is 54.9 Å². The Morgan fingerprint density at radius 1 is 0.769 bits per heavy atom. The average Bonchev–Trinajstić information content (AvgIpc) is 3.08. The van der Waals surface area contributed by atoms with Crippen LogP contribution in [0.5, 0.6) is 11.5 Å². The highest BCUT2D eigenvalue weighted by molar-refractivity contribution is 5.86. The number of phenolic OH excluding ortho intramolecular Hbond substituents is 2. The summed E-state index contributed by atoms with van der Waals surface area (Å²) in [5.41, 5.74) is 7.85. The Morgan fingerprint density at radius 3 is 1.67 bits per heavy atom. The zero-order valence-corrected chi connectivity index (χ0v) is 30.1. The SMILES string of the molecule is C.CCOC(=O)Cc1c(C)c2cc(C)c(O)cc2oc1=O.COCOCCN.COCOCCNC(=O)Cc1c(C)c2cc(C)c(O)cc2oc1=O. The molecule has 2 aromatic carbocycles. The lowest BCUT2D eigenvalue weighted by molar-refractivity contribution is -0.142. The molecule has 0 fully saturated rings. The summed E-state index contributed by atoms with van der Waals surface area (Å²) in [7, 11) is 3.10. The third-order valence-electron chi connectivity index (χ3n) is 7.40. The number of amides is 1. The Balaban J connectivity index is 0.000000437. The quantitative estimate of drug-likeness (QED) is 0.0627. The van der Waals surface area contributed by atoms with Crippen LogP contribution in [0.1, 0.15) is 47.7 Å². The van der Waals surface area contributed by atoms with Crippen LogP contribution in [0.15, 0.2) is 42.7 Å². The Hall–Kier alpha value is -4.80. The maximum Gasteiger partial charge on any atom is 0.340 e. The van der Waals surface area contributed by atoms with Gasteiger partial charge < -0.3 is 53.8 Å². The van der Waals surface area contributed by atoms with Gasteiger partial charge in [0.1, 0.15) is 36.3 Å². The van der Waals surface area contributed by atoms with Crippen molar-refractivity contribution in [3.63, 3.8) is 0 Å². The fourth-order valence-electron chi connectivity index (χ4n) is 4.68. The molecule has 0 aliphatic rings. The molecular formula is C37H52N2O13. The summed E-state index contributed by atoms with van der Waals surface area (Å²) >= 11 is 0. The van der Waals surface area contributed by atoms with Gasteiger partial charge in [0, 0.05) is 50.2 Å². The molecule has 0 atom stereocenters. The van der Waals surface area contributed by atoms with Crippen LogP contribution in [0.3, 0.4) is 0 Å². The Bertz CT molecular complexity index is 1880. The van der Waals surface area contributed by atoms with Gasteiger partial charge in [0.05, 0.1) is 43.8 Å². The molecule has 0 bridgehead atoms. The van der Waals surface area contributed by atoms with Crippen LogP contribution in [0.4, 0.5) is 0 Å². The van der Waals surface area contributed by atoms with Crippen molar-refractivity contribution in [1.82, 2.24) is 5.32 Å². The second-order valence-corrected chi connectivity index (χ2v) is 11.2. The van der Waals surface area contributed by atoms with Gasteiger partial charge in [-0.2, -0.15) is 0 Å². The zero-order chi connectivity index (χ0) is 38.1. The van der Waals surface area contributed by atoms with Gasteiger partial charge in [0.2, 0.25) is 5.91 Å². The molecule has 0 radical (unpaired) electrons. The van der Waals surface area contributed by atoms with Crippen molar-refractivity contribution in [2.75, 3.05) is 60.7 Å². The predicted molar refractivity (Wildman–Crippen MR) is 196 cm³/mol. The molecule has 288 valence electrons. The Labute approximate surface area is 302 Å². The number of carbonyl (C=O) groups excluding carboxylic acids is 2. The van der Waals surface area contributed by atoms with E-state index in [0.717, 1.165) is 0 Å². The normalized spacial score (nSPS) is 10.5. The van der Waals surface area contributed by atoms with Crippen LogP contribution in [-0.2, 0) is 46.1 Å². The molecule has 15 heteroatoms. The summed E-state index contributed by atoms with van der Waals surface area (Å²) < 4.78 is 34.4. The number of nitrogens with two attached hydrogens (primary N) is 1. The van der Waals surface area contributed by atoms with Gasteiger partial charge in [-0.15, -0.1) is 0 Å². The first-order valence-electron chi connectivity index (χ1n) is 16.1. The highest BCUT2D eigenvalue weighted by Crippen LogP contribution is 2.28. The number of benzene rings is 2. The summed E-state index contributed by atoms with van der Waals surface area (Å²) in [6.07, 6.45) is -0.188. The van der Waals surface area contributed by atoms with Crippen molar-refractivity contribution in [3.05, 3.63) is 78.5 Å². The number of carbonyl (C=O) groups is 2. The molecular weight excluding hydrogens is 680 g/mol. The van der Waals surface area contributed by atoms with Crippen molar-refractivity contribution >= 4 is 33.8 Å². The van der Waals surface area contributed by atoms with Gasteiger partial charge in [-0.25, -0.2) is 9.59 Å². The molecule has 0 unspecified atom stereocenters. The van der Waals surface area contributed by atoms with Gasteiger partial charge in [-0.05, 0) is 69.0 Å². The standard InChI is InChI=1S/C17H21NO6.C15H16O5.C4H11NO2.CH4/c1-10-6-12-11(2)13(17(21)24-15(12)8-14(10)19)7-16(20)18-4-5-23-9-22-3;1-4-19-14(17)6-11-9(3)10-5-8(2)12(16)7-13(10)20-15(11)18;1-6-4-7-3-2-5;/h6,8,19H,4-5,7,9H2,1-3H3,(H,18,20);5,7,16H,4,6H2,1-3H3;2-5H2,1H3;1H4. The molecule has 0 spiro atoms. The van der Waals surface area contributed by atoms with Crippen LogP contribution in [0.25, 0.3) is 21.9 Å². The van der Waals surface area contributed by atoms with E-state index in [4.69, 9.17) is 33.5 Å². The molecule has 0 saturated heterocycles. The number of ether oxygens (including phenoxy) is 5. The van der Waals surface area contributed by atoms with E-state index in [0.29, 0.717) is 88.4 Å². The number of aryl methyl sites for hydroxylation is 4. The van der Waals surface area contributed by atoms with E-state index in [1.54, 1.807) is 53.9 Å². The summed E-state index contributed by atoms with van der Waals surface area (Å²) in [6, 6.07) is 6.30. The van der Waals surface area contributed by atoms with Crippen molar-refractivity contribution in [1.29, 1.82) is 0 Å². The minimum atomic E-state index is -0.577. The molecule has 4 aromatic rings. The summed E-state index contributed by atoms with van der Waals surface area (Å²) in [6.45, 7) is 11.3. The van der Waals surface area contributed by atoms with Gasteiger partial charge in [0.25, 0.3) is 0 Å². The molecule has 15 nitrogen and oxygen atoms in total. The number of methoxy groups -OCH3 is 2. The molecule has 2 heterocycles. The predicted octanol–water partition coefficient (Wildman–Crippen LogP) is 3.82. The number of phenols is 2. The molecule has 1 amide bonds. The van der Waals surface area contributed by atoms with Gasteiger partial charge >= 0.3 is 17.2 Å². The molecule has 2 aromatic heterocycles. The monoisotopic (exact) mass is 732 g/mol. The highest BCUT2D eigenvalue weighted by Gasteiger charge is 2.17. The molecule has 52 heavy (non-hydrogen) atoms. The van der Waals surface area contributed by atoms with Crippen LogP contribution in [-0.4, -0.2) is 82.8 Å². The first kappa shape index (κ1) is 45.2. The summed E-state index contributed by atoms with van der Waals surface area (Å²) in [5, 5.41) is 23.5. The van der Waals surface area contributed by atoms with E-state index in [1.165, 1.54) is 19.2 Å². The number of hydrogen-bond donors (Lipinski definition) is 4. The summed E-state index contributed by atoms with van der Waals surface area (Å²) in [5.74, 6) is -0.621. The Kier molecular flexibility index (Phi) is 19.9. The molecule has 0 aliphatic carbocycles. The van der Waals surface area contributed by atoms with E-state index in [1.807, 2.05) is 0 Å². The lowest BCUT2D eigenvalue weighted by atomic mass is 10.0. The van der Waals surface area contributed by atoms with Crippen molar-refractivity contribution in [3.8, 4) is 11.5 Å². The van der Waals surface area contributed by atoms with Crippen LogP contribution >= 0.6 is 0 Å². The highest BCUT2D eigenvalue weighted by atomic mass is 16.7. The fourth-order valence-corrected chi connectivity index (χ4v) is 4.68. The number of rotatable bonds is 14. The van der Waals surface area contributed by atoms with Crippen LogP contribution < -0.4 is 22.3 Å². The summed E-state index contributed by atoms with van der Waals surface area (Å²) in [4.78, 5) is 47.6. The largest absolute Gasteiger partial charge is 0.508 e. The minimum absolute atomic E-state index is 0. The zero-order valence-electron chi connectivity index (χ0n) is 30.1. The fraction of sp³-hybridized carbons (Fsp3) is 0.459. The van der Waals surface area contributed by atoms with E-state index >= 15 is 0 Å². The number of nitrogens with one attached hydrogen (secondary N) is 1. The Morgan fingerprint density at radius 2 is 1.23 bits per heavy atom. The molecule has 0 saturated carbocycles.